The molecule has 1 aliphatic rings. The van der Waals surface area contributed by atoms with Gasteiger partial charge in [0.25, 0.3) is 0 Å². The number of benzene rings is 1. The molecule has 1 aromatic heterocycles. The Kier molecular flexibility index (Phi) is 5.55. The molecule has 0 unspecified atom stereocenters. The zero-order valence-corrected chi connectivity index (χ0v) is 14.9. The van der Waals surface area contributed by atoms with Crippen molar-refractivity contribution in [3.8, 4) is 0 Å². The van der Waals surface area contributed by atoms with Crippen LogP contribution in [0, 0.1) is 0 Å². The number of amides is 2. The first-order chi connectivity index (χ1) is 12.6. The molecule has 0 radical (unpaired) electrons. The number of fused-ring (bicyclic) bond motifs is 1. The number of piperazine rings is 1. The molecule has 1 aliphatic heterocycles. The summed E-state index contributed by atoms with van der Waals surface area (Å²) in [6, 6.07) is 7.91. The van der Waals surface area contributed by atoms with Gasteiger partial charge in [-0.2, -0.15) is 0 Å². The lowest BCUT2D eigenvalue weighted by atomic mass is 10.1. The number of methoxy groups -OCH3 is 1. The number of ether oxygens (including phenoxy) is 1. The number of esters is 1. The molecule has 26 heavy (non-hydrogen) atoms. The van der Waals surface area contributed by atoms with Gasteiger partial charge in [-0.25, -0.2) is 0 Å². The second kappa shape index (κ2) is 8.03. The molecule has 0 spiro atoms. The molecule has 138 valence electrons. The van der Waals surface area contributed by atoms with Gasteiger partial charge in [0.05, 0.1) is 20.0 Å². The molecule has 0 atom stereocenters. The van der Waals surface area contributed by atoms with Gasteiger partial charge >= 0.3 is 5.97 Å². The van der Waals surface area contributed by atoms with Crippen LogP contribution in [0.5, 0.6) is 0 Å². The largest absolute Gasteiger partial charge is 0.469 e. The van der Waals surface area contributed by atoms with Gasteiger partial charge in [-0.1, -0.05) is 18.2 Å². The SMILES string of the molecule is COC(=O)CCC(=O)N1CCN(C(=O)Cc2c[nH]c3ccccc23)CC1. The Morgan fingerprint density at radius 1 is 1.00 bits per heavy atom. The molecule has 7 nitrogen and oxygen atoms in total. The van der Waals surface area contributed by atoms with Gasteiger partial charge in [0.15, 0.2) is 0 Å². The van der Waals surface area contributed by atoms with Crippen molar-refractivity contribution in [3.05, 3.63) is 36.0 Å². The molecule has 7 heteroatoms. The standard InChI is InChI=1S/C19H23N3O4/c1-26-19(25)7-6-17(23)21-8-10-22(11-9-21)18(24)12-14-13-20-16-5-3-2-4-15(14)16/h2-5,13,20H,6-12H2,1H3. The minimum Gasteiger partial charge on any atom is -0.469 e. The van der Waals surface area contributed by atoms with E-state index in [9.17, 15) is 14.4 Å². The van der Waals surface area contributed by atoms with E-state index in [-0.39, 0.29) is 30.6 Å². The smallest absolute Gasteiger partial charge is 0.306 e. The summed E-state index contributed by atoms with van der Waals surface area (Å²) in [5.41, 5.74) is 2.01. The number of para-hydroxylation sites is 1. The predicted molar refractivity (Wildman–Crippen MR) is 96.4 cm³/mol. The number of aromatic nitrogens is 1. The van der Waals surface area contributed by atoms with Gasteiger partial charge in [-0.05, 0) is 11.6 Å². The molecule has 2 amide bonds. The summed E-state index contributed by atoms with van der Waals surface area (Å²) >= 11 is 0. The van der Waals surface area contributed by atoms with Crippen molar-refractivity contribution in [2.24, 2.45) is 0 Å². The van der Waals surface area contributed by atoms with Gasteiger partial charge in [0.2, 0.25) is 11.8 Å². The maximum atomic E-state index is 12.6. The fraction of sp³-hybridized carbons (Fsp3) is 0.421. The first kappa shape index (κ1) is 18.0. The molecule has 2 aromatic rings. The maximum Gasteiger partial charge on any atom is 0.306 e. The second-order valence-corrected chi connectivity index (χ2v) is 6.37. The molecule has 0 saturated carbocycles. The second-order valence-electron chi connectivity index (χ2n) is 6.37. The van der Waals surface area contributed by atoms with Gasteiger partial charge in [0, 0.05) is 49.7 Å². The van der Waals surface area contributed by atoms with Crippen molar-refractivity contribution in [1.82, 2.24) is 14.8 Å². The molecule has 1 fully saturated rings. The van der Waals surface area contributed by atoms with E-state index in [1.807, 2.05) is 30.5 Å². The van der Waals surface area contributed by atoms with E-state index >= 15 is 0 Å². The number of rotatable bonds is 5. The highest BCUT2D eigenvalue weighted by Crippen LogP contribution is 2.19. The molecule has 0 bridgehead atoms. The molecular formula is C19H23N3O4. The third-order valence-electron chi connectivity index (χ3n) is 4.77. The first-order valence-electron chi connectivity index (χ1n) is 8.76. The molecule has 0 aliphatic carbocycles. The summed E-state index contributed by atoms with van der Waals surface area (Å²) in [7, 11) is 1.31. The quantitative estimate of drug-likeness (QED) is 0.819. The maximum absolute atomic E-state index is 12.6. The lowest BCUT2D eigenvalue weighted by Crippen LogP contribution is -2.51. The molecular weight excluding hydrogens is 334 g/mol. The van der Waals surface area contributed by atoms with Crippen molar-refractivity contribution in [2.75, 3.05) is 33.3 Å². The number of nitrogens with zero attached hydrogens (tertiary/aromatic N) is 2. The number of hydrogen-bond acceptors (Lipinski definition) is 4. The van der Waals surface area contributed by atoms with Gasteiger partial charge in [-0.3, -0.25) is 14.4 Å². The van der Waals surface area contributed by atoms with Crippen LogP contribution in [0.4, 0.5) is 0 Å². The van der Waals surface area contributed by atoms with E-state index in [1.165, 1.54) is 7.11 Å². The highest BCUT2D eigenvalue weighted by molar-refractivity contribution is 5.89. The third-order valence-corrected chi connectivity index (χ3v) is 4.77. The summed E-state index contributed by atoms with van der Waals surface area (Å²) in [4.78, 5) is 42.5. The summed E-state index contributed by atoms with van der Waals surface area (Å²) in [6.45, 7) is 2.04. The van der Waals surface area contributed by atoms with Crippen molar-refractivity contribution >= 4 is 28.7 Å². The van der Waals surface area contributed by atoms with E-state index < -0.39 is 0 Å². The van der Waals surface area contributed by atoms with Crippen LogP contribution in [0.25, 0.3) is 10.9 Å². The van der Waals surface area contributed by atoms with Crippen molar-refractivity contribution in [1.29, 1.82) is 0 Å². The highest BCUT2D eigenvalue weighted by atomic mass is 16.5. The minimum absolute atomic E-state index is 0.0661. The van der Waals surface area contributed by atoms with Crippen LogP contribution < -0.4 is 0 Å². The number of nitrogens with one attached hydrogen (secondary N) is 1. The Morgan fingerprint density at radius 2 is 1.65 bits per heavy atom. The summed E-state index contributed by atoms with van der Waals surface area (Å²) in [6.07, 6.45) is 2.47. The van der Waals surface area contributed by atoms with E-state index in [4.69, 9.17) is 0 Å². The summed E-state index contributed by atoms with van der Waals surface area (Å²) in [5, 5.41) is 1.07. The first-order valence-corrected chi connectivity index (χ1v) is 8.76. The van der Waals surface area contributed by atoms with Crippen LogP contribution in [0.1, 0.15) is 18.4 Å². The Bertz CT molecular complexity index is 806. The Morgan fingerprint density at radius 3 is 2.35 bits per heavy atom. The lowest BCUT2D eigenvalue weighted by molar-refractivity contribution is -0.144. The van der Waals surface area contributed by atoms with Crippen LogP contribution in [-0.2, 0) is 25.5 Å². The van der Waals surface area contributed by atoms with E-state index in [0.717, 1.165) is 16.5 Å². The molecule has 1 saturated heterocycles. The monoisotopic (exact) mass is 357 g/mol. The molecule has 3 rings (SSSR count). The normalized spacial score (nSPS) is 14.5. The van der Waals surface area contributed by atoms with Gasteiger partial charge in [0.1, 0.15) is 0 Å². The molecule has 1 N–H and O–H groups in total. The molecule has 1 aromatic carbocycles. The number of hydrogen-bond donors (Lipinski definition) is 1. The average Bonchev–Trinajstić information content (AvgIpc) is 3.08. The summed E-state index contributed by atoms with van der Waals surface area (Å²) in [5.74, 6) is -0.388. The van der Waals surface area contributed by atoms with Crippen LogP contribution in [0.2, 0.25) is 0 Å². The Labute approximate surface area is 151 Å². The zero-order valence-electron chi connectivity index (χ0n) is 14.9. The average molecular weight is 357 g/mol. The van der Waals surface area contributed by atoms with Crippen molar-refractivity contribution in [3.63, 3.8) is 0 Å². The van der Waals surface area contributed by atoms with Crippen LogP contribution in [0.3, 0.4) is 0 Å². The van der Waals surface area contributed by atoms with E-state index in [0.29, 0.717) is 32.6 Å². The third kappa shape index (κ3) is 4.04. The van der Waals surface area contributed by atoms with Crippen LogP contribution in [-0.4, -0.2) is 65.9 Å². The van der Waals surface area contributed by atoms with Crippen LogP contribution in [0.15, 0.2) is 30.5 Å². The fourth-order valence-electron chi connectivity index (χ4n) is 3.23. The lowest BCUT2D eigenvalue weighted by Gasteiger charge is -2.34. The van der Waals surface area contributed by atoms with Gasteiger partial charge in [-0.15, -0.1) is 0 Å². The minimum atomic E-state index is -0.383. The fourth-order valence-corrected chi connectivity index (χ4v) is 3.23. The highest BCUT2D eigenvalue weighted by Gasteiger charge is 2.24. The Hall–Kier alpha value is -2.83. The zero-order chi connectivity index (χ0) is 18.5. The Balaban J connectivity index is 1.50. The van der Waals surface area contributed by atoms with E-state index in [1.54, 1.807) is 9.80 Å². The topological polar surface area (TPSA) is 82.7 Å². The van der Waals surface area contributed by atoms with Crippen molar-refractivity contribution in [2.45, 2.75) is 19.3 Å². The number of carbonyl (C=O) groups is 3. The van der Waals surface area contributed by atoms with Crippen molar-refractivity contribution < 1.29 is 19.1 Å². The van der Waals surface area contributed by atoms with E-state index in [2.05, 4.69) is 9.72 Å². The number of carbonyl (C=O) groups excluding carboxylic acids is 3. The van der Waals surface area contributed by atoms with Crippen LogP contribution >= 0.6 is 0 Å². The molecule has 2 heterocycles. The number of H-pyrrole nitrogens is 1. The predicted octanol–water partition coefficient (Wildman–Crippen LogP) is 1.33. The van der Waals surface area contributed by atoms with Gasteiger partial charge < -0.3 is 19.5 Å². The number of aromatic amines is 1. The summed E-state index contributed by atoms with van der Waals surface area (Å²) < 4.78 is 4.55.